The van der Waals surface area contributed by atoms with Gasteiger partial charge in [0.15, 0.2) is 0 Å². The summed E-state index contributed by atoms with van der Waals surface area (Å²) in [6.45, 7) is 0.788. The maximum Gasteiger partial charge on any atom is 0.258 e. The summed E-state index contributed by atoms with van der Waals surface area (Å²) in [7, 11) is 1.58. The summed E-state index contributed by atoms with van der Waals surface area (Å²) in [4.78, 5) is 27.3. The highest BCUT2D eigenvalue weighted by atomic mass is 19.1. The molecule has 0 saturated heterocycles. The molecule has 152 valence electrons. The van der Waals surface area contributed by atoms with Gasteiger partial charge in [0.05, 0.1) is 7.11 Å². The van der Waals surface area contributed by atoms with Gasteiger partial charge in [-0.25, -0.2) is 4.39 Å². The standard InChI is InChI=1S/C24H21FN2O3/c1-30-21-9-7-18(8-10-21)24(29)27-12-11-17-5-6-19(14-22(17)27)23(28)26-15-16-3-2-4-20(25)13-16/h2-10,13-14H,11-12,15H2,1H3,(H,26,28). The molecule has 6 heteroatoms. The van der Waals surface area contributed by atoms with Gasteiger partial charge in [-0.3, -0.25) is 9.59 Å². The van der Waals surface area contributed by atoms with E-state index in [1.165, 1.54) is 12.1 Å². The Labute approximate surface area is 174 Å². The molecule has 0 bridgehead atoms. The smallest absolute Gasteiger partial charge is 0.258 e. The quantitative estimate of drug-likeness (QED) is 0.700. The van der Waals surface area contributed by atoms with Crippen LogP contribution in [0.3, 0.4) is 0 Å². The van der Waals surface area contributed by atoms with E-state index in [0.29, 0.717) is 29.0 Å². The summed E-state index contributed by atoms with van der Waals surface area (Å²) >= 11 is 0. The zero-order valence-corrected chi connectivity index (χ0v) is 16.5. The molecule has 4 rings (SSSR count). The molecular weight excluding hydrogens is 383 g/mol. The lowest BCUT2D eigenvalue weighted by Gasteiger charge is -2.18. The minimum atomic E-state index is -0.341. The van der Waals surface area contributed by atoms with Crippen LogP contribution in [0.2, 0.25) is 0 Å². The third kappa shape index (κ3) is 4.03. The van der Waals surface area contributed by atoms with Crippen molar-refractivity contribution in [2.24, 2.45) is 0 Å². The van der Waals surface area contributed by atoms with Crippen LogP contribution in [0.4, 0.5) is 10.1 Å². The molecule has 0 unspecified atom stereocenters. The number of hydrogen-bond donors (Lipinski definition) is 1. The van der Waals surface area contributed by atoms with Crippen molar-refractivity contribution in [3.8, 4) is 5.75 Å². The number of halogens is 1. The average Bonchev–Trinajstić information content (AvgIpc) is 3.20. The predicted octanol–water partition coefficient (Wildman–Crippen LogP) is 3.97. The molecular formula is C24H21FN2O3. The van der Waals surface area contributed by atoms with Crippen LogP contribution in [0.1, 0.15) is 31.8 Å². The number of rotatable bonds is 5. The third-order valence-electron chi connectivity index (χ3n) is 5.17. The highest BCUT2D eigenvalue weighted by molar-refractivity contribution is 6.08. The van der Waals surface area contributed by atoms with Crippen molar-refractivity contribution in [3.63, 3.8) is 0 Å². The van der Waals surface area contributed by atoms with E-state index in [1.807, 2.05) is 6.07 Å². The minimum Gasteiger partial charge on any atom is -0.497 e. The van der Waals surface area contributed by atoms with Gasteiger partial charge in [-0.05, 0) is 66.1 Å². The van der Waals surface area contributed by atoms with Crippen LogP contribution in [-0.2, 0) is 13.0 Å². The molecule has 0 atom stereocenters. The van der Waals surface area contributed by atoms with E-state index in [9.17, 15) is 14.0 Å². The van der Waals surface area contributed by atoms with Gasteiger partial charge in [0.25, 0.3) is 11.8 Å². The number of ether oxygens (including phenoxy) is 1. The van der Waals surface area contributed by atoms with Crippen LogP contribution in [0.25, 0.3) is 0 Å². The first kappa shape index (κ1) is 19.6. The molecule has 0 spiro atoms. The van der Waals surface area contributed by atoms with E-state index in [-0.39, 0.29) is 24.2 Å². The van der Waals surface area contributed by atoms with Crippen LogP contribution in [0.15, 0.2) is 66.7 Å². The molecule has 2 amide bonds. The first-order valence-electron chi connectivity index (χ1n) is 9.66. The summed E-state index contributed by atoms with van der Waals surface area (Å²) in [6.07, 6.45) is 0.739. The third-order valence-corrected chi connectivity index (χ3v) is 5.17. The second-order valence-corrected chi connectivity index (χ2v) is 7.09. The van der Waals surface area contributed by atoms with Gasteiger partial charge in [-0.2, -0.15) is 0 Å². The lowest BCUT2D eigenvalue weighted by atomic mass is 10.1. The molecule has 0 fully saturated rings. The van der Waals surface area contributed by atoms with E-state index in [2.05, 4.69) is 5.32 Å². The predicted molar refractivity (Wildman–Crippen MR) is 112 cm³/mol. The summed E-state index contributed by atoms with van der Waals surface area (Å²) in [5, 5.41) is 2.80. The lowest BCUT2D eigenvalue weighted by molar-refractivity contribution is 0.0948. The number of fused-ring (bicyclic) bond motifs is 1. The van der Waals surface area contributed by atoms with Crippen LogP contribution in [-0.4, -0.2) is 25.5 Å². The van der Waals surface area contributed by atoms with Crippen molar-refractivity contribution < 1.29 is 18.7 Å². The van der Waals surface area contributed by atoms with E-state index >= 15 is 0 Å². The molecule has 1 heterocycles. The molecule has 0 aromatic heterocycles. The minimum absolute atomic E-state index is 0.117. The molecule has 3 aromatic rings. The van der Waals surface area contributed by atoms with Crippen LogP contribution < -0.4 is 15.0 Å². The van der Waals surface area contributed by atoms with Gasteiger partial charge in [-0.1, -0.05) is 18.2 Å². The SMILES string of the molecule is COc1ccc(C(=O)N2CCc3ccc(C(=O)NCc4cccc(F)c4)cc32)cc1. The summed E-state index contributed by atoms with van der Waals surface area (Å²) in [6, 6.07) is 18.4. The molecule has 3 aromatic carbocycles. The van der Waals surface area contributed by atoms with Crippen LogP contribution >= 0.6 is 0 Å². The highest BCUT2D eigenvalue weighted by Gasteiger charge is 2.26. The Balaban J connectivity index is 1.50. The Morgan fingerprint density at radius 1 is 1.03 bits per heavy atom. The lowest BCUT2D eigenvalue weighted by Crippen LogP contribution is -2.29. The fraction of sp³-hybridized carbons (Fsp3) is 0.167. The molecule has 5 nitrogen and oxygen atoms in total. The zero-order chi connectivity index (χ0) is 21.1. The number of anilines is 1. The first-order valence-corrected chi connectivity index (χ1v) is 9.66. The monoisotopic (exact) mass is 404 g/mol. The highest BCUT2D eigenvalue weighted by Crippen LogP contribution is 2.30. The Morgan fingerprint density at radius 2 is 1.80 bits per heavy atom. The number of hydrogen-bond acceptors (Lipinski definition) is 3. The second kappa shape index (κ2) is 8.37. The summed E-state index contributed by atoms with van der Waals surface area (Å²) < 4.78 is 18.5. The molecule has 0 aliphatic carbocycles. The molecule has 0 radical (unpaired) electrons. The number of carbonyl (C=O) groups is 2. The number of carbonyl (C=O) groups excluding carboxylic acids is 2. The van der Waals surface area contributed by atoms with E-state index < -0.39 is 0 Å². The van der Waals surface area contributed by atoms with Crippen molar-refractivity contribution in [2.45, 2.75) is 13.0 Å². The fourth-order valence-electron chi connectivity index (χ4n) is 3.55. The van der Waals surface area contributed by atoms with Crippen molar-refractivity contribution in [1.29, 1.82) is 0 Å². The number of nitrogens with one attached hydrogen (secondary N) is 1. The Hall–Kier alpha value is -3.67. The molecule has 30 heavy (non-hydrogen) atoms. The Morgan fingerprint density at radius 3 is 2.53 bits per heavy atom. The Kier molecular flexibility index (Phi) is 5.48. The number of benzene rings is 3. The topological polar surface area (TPSA) is 58.6 Å². The first-order chi connectivity index (χ1) is 14.5. The summed E-state index contributed by atoms with van der Waals surface area (Å²) in [5.41, 5.74) is 3.47. The van der Waals surface area contributed by atoms with Crippen molar-refractivity contribution >= 4 is 17.5 Å². The maximum absolute atomic E-state index is 13.3. The van der Waals surface area contributed by atoms with Gasteiger partial charge in [0.1, 0.15) is 11.6 Å². The van der Waals surface area contributed by atoms with Crippen LogP contribution in [0, 0.1) is 5.82 Å². The van der Waals surface area contributed by atoms with E-state index in [0.717, 1.165) is 17.7 Å². The van der Waals surface area contributed by atoms with E-state index in [4.69, 9.17) is 4.74 Å². The zero-order valence-electron chi connectivity index (χ0n) is 16.5. The maximum atomic E-state index is 13.3. The van der Waals surface area contributed by atoms with Crippen molar-refractivity contribution in [2.75, 3.05) is 18.6 Å². The largest absolute Gasteiger partial charge is 0.497 e. The van der Waals surface area contributed by atoms with Gasteiger partial charge in [-0.15, -0.1) is 0 Å². The van der Waals surface area contributed by atoms with Gasteiger partial charge in [0, 0.05) is 29.9 Å². The number of methoxy groups -OCH3 is 1. The van der Waals surface area contributed by atoms with E-state index in [1.54, 1.807) is 60.5 Å². The molecule has 1 aliphatic rings. The molecule has 1 aliphatic heterocycles. The van der Waals surface area contributed by atoms with Gasteiger partial charge < -0.3 is 15.0 Å². The summed E-state index contributed by atoms with van der Waals surface area (Å²) in [5.74, 6) is -0.0443. The Bertz CT molecular complexity index is 1100. The normalized spacial score (nSPS) is 12.4. The van der Waals surface area contributed by atoms with Crippen molar-refractivity contribution in [3.05, 3.63) is 94.8 Å². The van der Waals surface area contributed by atoms with Crippen molar-refractivity contribution in [1.82, 2.24) is 5.32 Å². The molecule has 0 saturated carbocycles. The average molecular weight is 404 g/mol. The fourth-order valence-corrected chi connectivity index (χ4v) is 3.55. The van der Waals surface area contributed by atoms with Crippen LogP contribution in [0.5, 0.6) is 5.75 Å². The second-order valence-electron chi connectivity index (χ2n) is 7.09. The molecule has 1 N–H and O–H groups in total. The van der Waals surface area contributed by atoms with Gasteiger partial charge in [0.2, 0.25) is 0 Å². The number of nitrogens with zero attached hydrogens (tertiary/aromatic N) is 1. The van der Waals surface area contributed by atoms with Gasteiger partial charge >= 0.3 is 0 Å². The number of amides is 2.